The molecule has 0 saturated carbocycles. The SMILES string of the molecule is [C-]#[N+]c1cccc(-c2ccc(C3(O)CCN(C(=O)OC(C)(C)C)CC3)cc2)c1. The highest BCUT2D eigenvalue weighted by atomic mass is 16.6. The lowest BCUT2D eigenvalue weighted by molar-refractivity contribution is -0.0356. The average Bonchev–Trinajstić information content (AvgIpc) is 2.67. The number of hydrogen-bond acceptors (Lipinski definition) is 3. The Kier molecular flexibility index (Phi) is 5.44. The van der Waals surface area contributed by atoms with E-state index < -0.39 is 11.2 Å². The smallest absolute Gasteiger partial charge is 0.410 e. The molecule has 2 aromatic carbocycles. The number of rotatable bonds is 2. The van der Waals surface area contributed by atoms with Crippen LogP contribution in [-0.2, 0) is 10.3 Å². The van der Waals surface area contributed by atoms with Crippen molar-refractivity contribution in [3.05, 3.63) is 65.5 Å². The molecule has 0 aliphatic carbocycles. The fourth-order valence-corrected chi connectivity index (χ4v) is 3.40. The number of benzene rings is 2. The van der Waals surface area contributed by atoms with Crippen molar-refractivity contribution >= 4 is 11.8 Å². The highest BCUT2D eigenvalue weighted by molar-refractivity contribution is 5.69. The number of amides is 1. The second kappa shape index (κ2) is 7.65. The van der Waals surface area contributed by atoms with Crippen molar-refractivity contribution in [1.82, 2.24) is 4.90 Å². The quantitative estimate of drug-likeness (QED) is 0.738. The minimum atomic E-state index is -0.949. The van der Waals surface area contributed by atoms with Gasteiger partial charge in [-0.1, -0.05) is 42.5 Å². The number of carbonyl (C=O) groups is 1. The van der Waals surface area contributed by atoms with Gasteiger partial charge in [0, 0.05) is 13.1 Å². The maximum Gasteiger partial charge on any atom is 0.410 e. The first-order chi connectivity index (χ1) is 13.2. The molecule has 1 saturated heterocycles. The Morgan fingerprint density at radius 2 is 1.75 bits per heavy atom. The van der Waals surface area contributed by atoms with E-state index in [1.807, 2.05) is 63.2 Å². The molecule has 1 N–H and O–H groups in total. The van der Waals surface area contributed by atoms with Crippen LogP contribution in [0.2, 0.25) is 0 Å². The number of nitrogens with zero attached hydrogens (tertiary/aromatic N) is 2. The fourth-order valence-electron chi connectivity index (χ4n) is 3.40. The summed E-state index contributed by atoms with van der Waals surface area (Å²) in [7, 11) is 0. The standard InChI is InChI=1S/C23H26N2O3/c1-22(2,3)28-21(26)25-14-12-23(27,13-15-25)19-10-8-17(9-11-19)18-6-5-7-20(16-18)24-4/h5-11,16,27H,12-15H2,1-3H3. The van der Waals surface area contributed by atoms with Gasteiger partial charge in [-0.2, -0.15) is 0 Å². The zero-order valence-corrected chi connectivity index (χ0v) is 16.6. The summed E-state index contributed by atoms with van der Waals surface area (Å²) >= 11 is 0. The van der Waals surface area contributed by atoms with Crippen LogP contribution in [0.4, 0.5) is 10.5 Å². The third-order valence-electron chi connectivity index (χ3n) is 4.97. The summed E-state index contributed by atoms with van der Waals surface area (Å²) in [5.74, 6) is 0. The lowest BCUT2D eigenvalue weighted by Gasteiger charge is -2.39. The van der Waals surface area contributed by atoms with Crippen LogP contribution in [0, 0.1) is 6.57 Å². The van der Waals surface area contributed by atoms with Crippen molar-refractivity contribution in [1.29, 1.82) is 0 Å². The van der Waals surface area contributed by atoms with E-state index in [9.17, 15) is 9.90 Å². The third kappa shape index (κ3) is 4.52. The van der Waals surface area contributed by atoms with Gasteiger partial charge in [0.05, 0.1) is 12.2 Å². The van der Waals surface area contributed by atoms with Crippen LogP contribution < -0.4 is 0 Å². The van der Waals surface area contributed by atoms with Gasteiger partial charge in [-0.15, -0.1) is 0 Å². The zero-order chi connectivity index (χ0) is 20.4. The van der Waals surface area contributed by atoms with Gasteiger partial charge < -0.3 is 14.7 Å². The molecule has 0 bridgehead atoms. The van der Waals surface area contributed by atoms with Crippen molar-refractivity contribution in [2.24, 2.45) is 0 Å². The van der Waals surface area contributed by atoms with E-state index in [2.05, 4.69) is 4.85 Å². The topological polar surface area (TPSA) is 54.1 Å². The molecule has 5 heteroatoms. The predicted molar refractivity (Wildman–Crippen MR) is 109 cm³/mol. The lowest BCUT2D eigenvalue weighted by atomic mass is 9.84. The first-order valence-electron chi connectivity index (χ1n) is 9.49. The largest absolute Gasteiger partial charge is 0.444 e. The fraction of sp³-hybridized carbons (Fsp3) is 0.391. The van der Waals surface area contributed by atoms with E-state index in [1.165, 1.54) is 0 Å². The Hall–Kier alpha value is -2.84. The van der Waals surface area contributed by atoms with Crippen LogP contribution in [0.15, 0.2) is 48.5 Å². The molecule has 1 amide bonds. The first-order valence-corrected chi connectivity index (χ1v) is 9.49. The summed E-state index contributed by atoms with van der Waals surface area (Å²) in [6.07, 6.45) is 0.613. The first kappa shape index (κ1) is 19.9. The van der Waals surface area contributed by atoms with Crippen molar-refractivity contribution in [2.75, 3.05) is 13.1 Å². The van der Waals surface area contributed by atoms with Crippen LogP contribution in [-0.4, -0.2) is 34.8 Å². The highest BCUT2D eigenvalue weighted by Crippen LogP contribution is 2.34. The minimum Gasteiger partial charge on any atom is -0.444 e. The number of aliphatic hydroxyl groups is 1. The molecule has 0 unspecified atom stereocenters. The van der Waals surface area contributed by atoms with Gasteiger partial charge in [0.2, 0.25) is 0 Å². The summed E-state index contributed by atoms with van der Waals surface area (Å²) in [6.45, 7) is 13.6. The van der Waals surface area contributed by atoms with Crippen LogP contribution in [0.25, 0.3) is 16.0 Å². The van der Waals surface area contributed by atoms with Gasteiger partial charge in [-0.3, -0.25) is 0 Å². The molecule has 0 aromatic heterocycles. The van der Waals surface area contributed by atoms with Crippen LogP contribution >= 0.6 is 0 Å². The number of carbonyl (C=O) groups excluding carboxylic acids is 1. The molecule has 0 radical (unpaired) electrons. The van der Waals surface area contributed by atoms with E-state index in [-0.39, 0.29) is 6.09 Å². The summed E-state index contributed by atoms with van der Waals surface area (Å²) in [6, 6.07) is 15.3. The summed E-state index contributed by atoms with van der Waals surface area (Å²) in [5, 5.41) is 11.1. The molecule has 3 rings (SSSR count). The van der Waals surface area contributed by atoms with Crippen molar-refractivity contribution in [2.45, 2.75) is 44.8 Å². The summed E-state index contributed by atoms with van der Waals surface area (Å²) < 4.78 is 5.42. The molecule has 5 nitrogen and oxygen atoms in total. The summed E-state index contributed by atoms with van der Waals surface area (Å²) in [5.41, 5.74) is 1.97. The highest BCUT2D eigenvalue weighted by Gasteiger charge is 2.36. The lowest BCUT2D eigenvalue weighted by Crippen LogP contribution is -2.46. The third-order valence-corrected chi connectivity index (χ3v) is 4.97. The number of ether oxygens (including phenoxy) is 1. The number of hydrogen-bond donors (Lipinski definition) is 1. The van der Waals surface area contributed by atoms with E-state index in [0.29, 0.717) is 31.6 Å². The van der Waals surface area contributed by atoms with Crippen molar-refractivity contribution in [3.63, 3.8) is 0 Å². The maximum atomic E-state index is 12.2. The normalized spacial score (nSPS) is 16.3. The molecule has 0 spiro atoms. The molecule has 0 atom stereocenters. The molecule has 1 aliphatic rings. The van der Waals surface area contributed by atoms with Crippen LogP contribution in [0.5, 0.6) is 0 Å². The number of piperidine rings is 1. The molecule has 1 heterocycles. The molecule has 1 fully saturated rings. The number of likely N-dealkylation sites (tertiary alicyclic amines) is 1. The maximum absolute atomic E-state index is 12.2. The van der Waals surface area contributed by atoms with Crippen LogP contribution in [0.1, 0.15) is 39.2 Å². The Labute approximate surface area is 166 Å². The van der Waals surface area contributed by atoms with Crippen LogP contribution in [0.3, 0.4) is 0 Å². The van der Waals surface area contributed by atoms with E-state index >= 15 is 0 Å². The molecular formula is C23H26N2O3. The molecule has 1 aliphatic heterocycles. The molecular weight excluding hydrogens is 352 g/mol. The van der Waals surface area contributed by atoms with Gasteiger partial charge in [0.1, 0.15) is 5.60 Å². The average molecular weight is 378 g/mol. The second-order valence-electron chi connectivity index (χ2n) is 8.24. The molecule has 28 heavy (non-hydrogen) atoms. The second-order valence-corrected chi connectivity index (χ2v) is 8.24. The van der Waals surface area contributed by atoms with Gasteiger partial charge >= 0.3 is 6.09 Å². The zero-order valence-electron chi connectivity index (χ0n) is 16.6. The van der Waals surface area contributed by atoms with Crippen molar-refractivity contribution < 1.29 is 14.6 Å². The van der Waals surface area contributed by atoms with E-state index in [1.54, 1.807) is 11.0 Å². The Bertz CT molecular complexity index is 883. The Morgan fingerprint density at radius 1 is 1.11 bits per heavy atom. The van der Waals surface area contributed by atoms with Gasteiger partial charge in [0.15, 0.2) is 5.69 Å². The van der Waals surface area contributed by atoms with Crippen molar-refractivity contribution in [3.8, 4) is 11.1 Å². The predicted octanol–water partition coefficient (Wildman–Crippen LogP) is 5.12. The molecule has 2 aromatic rings. The minimum absolute atomic E-state index is 0.329. The molecule has 146 valence electrons. The van der Waals surface area contributed by atoms with Gasteiger partial charge in [0.25, 0.3) is 0 Å². The van der Waals surface area contributed by atoms with Gasteiger partial charge in [-0.05, 0) is 56.4 Å². The van der Waals surface area contributed by atoms with E-state index in [0.717, 1.165) is 16.7 Å². The Morgan fingerprint density at radius 3 is 2.32 bits per heavy atom. The Balaban J connectivity index is 1.69. The van der Waals surface area contributed by atoms with Gasteiger partial charge in [-0.25, -0.2) is 9.64 Å². The van der Waals surface area contributed by atoms with E-state index in [4.69, 9.17) is 11.3 Å². The summed E-state index contributed by atoms with van der Waals surface area (Å²) in [4.78, 5) is 17.3. The monoisotopic (exact) mass is 378 g/mol.